The Bertz CT molecular complexity index is 1150. The smallest absolute Gasteiger partial charge is 0.296 e. The van der Waals surface area contributed by atoms with Gasteiger partial charge in [0.2, 0.25) is 0 Å². The number of hydrogen-bond acceptors (Lipinski definition) is 4. The molecule has 0 fully saturated rings. The molecule has 0 saturated heterocycles. The second-order valence-corrected chi connectivity index (χ2v) is 7.85. The molecule has 0 aliphatic heterocycles. The summed E-state index contributed by atoms with van der Waals surface area (Å²) in [7, 11) is -0.905. The highest BCUT2D eigenvalue weighted by Crippen LogP contribution is 2.27. The van der Waals surface area contributed by atoms with Crippen molar-refractivity contribution in [1.82, 2.24) is 9.36 Å². The van der Waals surface area contributed by atoms with Crippen LogP contribution in [0, 0.1) is 13.8 Å². The summed E-state index contributed by atoms with van der Waals surface area (Å²) in [6.45, 7) is 3.47. The molecule has 0 amide bonds. The van der Waals surface area contributed by atoms with Crippen LogP contribution in [0.15, 0.2) is 58.2 Å². The van der Waals surface area contributed by atoms with Gasteiger partial charge in [0.1, 0.15) is 16.3 Å². The molecule has 7 nitrogen and oxygen atoms in total. The number of aryl methyl sites for hydroxylation is 1. The first-order valence-corrected chi connectivity index (χ1v) is 9.76. The molecule has 8 heteroatoms. The van der Waals surface area contributed by atoms with E-state index >= 15 is 0 Å². The van der Waals surface area contributed by atoms with Crippen LogP contribution in [0.25, 0.3) is 5.69 Å². The van der Waals surface area contributed by atoms with Crippen LogP contribution in [0.5, 0.6) is 5.75 Å². The topological polar surface area (TPSA) is 82.3 Å². The third kappa shape index (κ3) is 3.35. The largest absolute Gasteiger partial charge is 0.495 e. The molecule has 1 heterocycles. The number of anilines is 1. The minimum absolute atomic E-state index is 0.00455. The summed E-state index contributed by atoms with van der Waals surface area (Å²) in [6, 6.07) is 13.9. The molecule has 1 N–H and O–H groups in total. The highest BCUT2D eigenvalue weighted by Gasteiger charge is 2.25. The van der Waals surface area contributed by atoms with Crippen LogP contribution in [0.4, 0.5) is 5.69 Å². The first-order valence-electron chi connectivity index (χ1n) is 8.27. The van der Waals surface area contributed by atoms with Crippen molar-refractivity contribution in [3.63, 3.8) is 0 Å². The molecular formula is C19H21N3O4S. The van der Waals surface area contributed by atoms with E-state index in [1.165, 1.54) is 17.9 Å². The Morgan fingerprint density at radius 3 is 2.33 bits per heavy atom. The van der Waals surface area contributed by atoms with Crippen LogP contribution >= 0.6 is 0 Å². The third-order valence-electron chi connectivity index (χ3n) is 4.40. The minimum Gasteiger partial charge on any atom is -0.495 e. The van der Waals surface area contributed by atoms with Crippen LogP contribution in [0.1, 0.15) is 11.3 Å². The number of aromatic nitrogens is 2. The number of nitrogens with one attached hydrogen (secondary N) is 1. The van der Waals surface area contributed by atoms with Crippen LogP contribution < -0.4 is 15.0 Å². The molecule has 1 aromatic heterocycles. The van der Waals surface area contributed by atoms with Crippen LogP contribution in [-0.2, 0) is 17.1 Å². The fourth-order valence-corrected chi connectivity index (χ4v) is 4.24. The molecule has 0 aliphatic rings. The normalized spacial score (nSPS) is 11.4. The first kappa shape index (κ1) is 18.8. The Labute approximate surface area is 157 Å². The molecular weight excluding hydrogens is 366 g/mol. The second kappa shape index (κ2) is 6.96. The monoisotopic (exact) mass is 387 g/mol. The molecule has 0 saturated carbocycles. The molecule has 0 bridgehead atoms. The Hall–Kier alpha value is -3.00. The fraction of sp³-hybridized carbons (Fsp3) is 0.211. The van der Waals surface area contributed by atoms with Gasteiger partial charge in [0.15, 0.2) is 0 Å². The summed E-state index contributed by atoms with van der Waals surface area (Å²) < 4.78 is 36.5. The lowest BCUT2D eigenvalue weighted by molar-refractivity contribution is 0.402. The average molecular weight is 387 g/mol. The van der Waals surface area contributed by atoms with Crippen LogP contribution in [0.3, 0.4) is 0 Å². The molecule has 0 aliphatic carbocycles. The summed E-state index contributed by atoms with van der Waals surface area (Å²) in [5.74, 6) is 0.213. The van der Waals surface area contributed by atoms with E-state index in [4.69, 9.17) is 4.74 Å². The molecule has 0 unspecified atom stereocenters. The van der Waals surface area contributed by atoms with E-state index < -0.39 is 15.6 Å². The van der Waals surface area contributed by atoms with Crippen LogP contribution in [0.2, 0.25) is 0 Å². The lowest BCUT2D eigenvalue weighted by Gasteiger charge is -2.11. The number of nitrogens with zero attached hydrogens (tertiary/aromatic N) is 2. The summed E-state index contributed by atoms with van der Waals surface area (Å²) in [5, 5.41) is 0. The van der Waals surface area contributed by atoms with Gasteiger partial charge >= 0.3 is 0 Å². The van der Waals surface area contributed by atoms with Crippen molar-refractivity contribution >= 4 is 15.7 Å². The zero-order valence-corrected chi connectivity index (χ0v) is 16.4. The van der Waals surface area contributed by atoms with Gasteiger partial charge in [0, 0.05) is 7.05 Å². The summed E-state index contributed by atoms with van der Waals surface area (Å²) in [4.78, 5) is 12.9. The highest BCUT2D eigenvalue weighted by molar-refractivity contribution is 7.92. The maximum Gasteiger partial charge on any atom is 0.296 e. The highest BCUT2D eigenvalue weighted by atomic mass is 32.2. The number of rotatable bonds is 5. The van der Waals surface area contributed by atoms with Crippen molar-refractivity contribution in [2.24, 2.45) is 7.05 Å². The van der Waals surface area contributed by atoms with Crippen molar-refractivity contribution < 1.29 is 13.2 Å². The van der Waals surface area contributed by atoms with Gasteiger partial charge in [-0.3, -0.25) is 14.2 Å². The predicted molar refractivity (Wildman–Crippen MR) is 104 cm³/mol. The van der Waals surface area contributed by atoms with Gasteiger partial charge in [0.25, 0.3) is 15.6 Å². The van der Waals surface area contributed by atoms with E-state index in [0.29, 0.717) is 11.4 Å². The van der Waals surface area contributed by atoms with E-state index in [0.717, 1.165) is 5.56 Å². The second-order valence-electron chi connectivity index (χ2n) is 6.20. The maximum absolute atomic E-state index is 12.9. The number of ether oxygens (including phenoxy) is 1. The Kier molecular flexibility index (Phi) is 4.84. The number of methoxy groups -OCH3 is 1. The molecule has 3 aromatic rings. The standard InChI is InChI=1S/C19H21N3O4S/c1-13-10-11-16(26-4)17(12-13)27(24,25)20-18-14(2)21(3)22(19(18)23)15-8-6-5-7-9-15/h5-12,20H,1-4H3. The van der Waals surface area contributed by atoms with E-state index in [1.807, 2.05) is 18.2 Å². The van der Waals surface area contributed by atoms with Crippen molar-refractivity contribution in [3.8, 4) is 11.4 Å². The van der Waals surface area contributed by atoms with Crippen LogP contribution in [-0.4, -0.2) is 24.9 Å². The third-order valence-corrected chi connectivity index (χ3v) is 5.77. The van der Waals surface area contributed by atoms with Gasteiger partial charge in [-0.2, -0.15) is 0 Å². The number of benzene rings is 2. The molecule has 3 rings (SSSR count). The molecule has 27 heavy (non-hydrogen) atoms. The molecule has 0 atom stereocenters. The van der Waals surface area contributed by atoms with Gasteiger partial charge in [-0.05, 0) is 43.7 Å². The Morgan fingerprint density at radius 2 is 1.70 bits per heavy atom. The quantitative estimate of drug-likeness (QED) is 0.730. The first-order chi connectivity index (χ1) is 12.8. The zero-order chi connectivity index (χ0) is 19.8. The van der Waals surface area contributed by atoms with Gasteiger partial charge in [0.05, 0.1) is 18.5 Å². The number of para-hydroxylation sites is 1. The summed E-state index contributed by atoms with van der Waals surface area (Å²) in [5.41, 5.74) is 1.47. The van der Waals surface area contributed by atoms with E-state index in [2.05, 4.69) is 4.72 Å². The van der Waals surface area contributed by atoms with Gasteiger partial charge < -0.3 is 4.74 Å². The lowest BCUT2D eigenvalue weighted by atomic mass is 10.2. The SMILES string of the molecule is COc1ccc(C)cc1S(=O)(=O)Nc1c(C)n(C)n(-c2ccccc2)c1=O. The van der Waals surface area contributed by atoms with Gasteiger partial charge in [-0.25, -0.2) is 13.1 Å². The average Bonchev–Trinajstić information content (AvgIpc) is 2.85. The minimum atomic E-state index is -4.01. The van der Waals surface area contributed by atoms with Gasteiger partial charge in [-0.1, -0.05) is 24.3 Å². The Morgan fingerprint density at radius 1 is 1.04 bits per heavy atom. The van der Waals surface area contributed by atoms with Crippen molar-refractivity contribution in [3.05, 3.63) is 70.1 Å². The summed E-state index contributed by atoms with van der Waals surface area (Å²) >= 11 is 0. The zero-order valence-electron chi connectivity index (χ0n) is 15.6. The van der Waals surface area contributed by atoms with Crippen molar-refractivity contribution in [1.29, 1.82) is 0 Å². The molecule has 142 valence electrons. The van der Waals surface area contributed by atoms with E-state index in [-0.39, 0.29) is 16.3 Å². The fourth-order valence-electron chi connectivity index (χ4n) is 2.87. The summed E-state index contributed by atoms with van der Waals surface area (Å²) in [6.07, 6.45) is 0. The van der Waals surface area contributed by atoms with E-state index in [9.17, 15) is 13.2 Å². The van der Waals surface area contributed by atoms with Crippen molar-refractivity contribution in [2.45, 2.75) is 18.7 Å². The van der Waals surface area contributed by atoms with Crippen molar-refractivity contribution in [2.75, 3.05) is 11.8 Å². The van der Waals surface area contributed by atoms with Gasteiger partial charge in [-0.15, -0.1) is 0 Å². The lowest BCUT2D eigenvalue weighted by Crippen LogP contribution is -2.23. The number of sulfonamides is 1. The Balaban J connectivity index is 2.12. The molecule has 0 spiro atoms. The van der Waals surface area contributed by atoms with E-state index in [1.54, 1.807) is 49.8 Å². The molecule has 2 aromatic carbocycles. The molecule has 0 radical (unpaired) electrons. The number of hydrogen-bond donors (Lipinski definition) is 1. The maximum atomic E-state index is 12.9. The predicted octanol–water partition coefficient (Wildman–Crippen LogP) is 2.60.